The summed E-state index contributed by atoms with van der Waals surface area (Å²) in [7, 11) is 0. The Bertz CT molecular complexity index is 382. The van der Waals surface area contributed by atoms with Crippen molar-refractivity contribution < 1.29 is 14.3 Å². The molecule has 0 N–H and O–H groups in total. The van der Waals surface area contributed by atoms with Gasteiger partial charge in [-0.3, -0.25) is 9.59 Å². The molecule has 3 nitrogen and oxygen atoms in total. The first-order valence-corrected chi connectivity index (χ1v) is 4.05. The van der Waals surface area contributed by atoms with Crippen molar-refractivity contribution in [3.63, 3.8) is 0 Å². The van der Waals surface area contributed by atoms with Crippen LogP contribution in [0.25, 0.3) is 0 Å². The minimum Gasteiger partial charge on any atom is -0.425 e. The monoisotopic (exact) mass is 176 g/mol. The molecule has 0 amide bonds. The molecule has 0 spiro atoms. The zero-order chi connectivity index (χ0) is 9.42. The predicted molar refractivity (Wildman–Crippen MR) is 45.6 cm³/mol. The molecule has 1 unspecified atom stereocenters. The number of benzene rings is 1. The molecule has 1 aliphatic rings. The lowest BCUT2D eigenvalue weighted by Crippen LogP contribution is -2.31. The summed E-state index contributed by atoms with van der Waals surface area (Å²) in [5.41, 5.74) is 0.495. The summed E-state index contributed by atoms with van der Waals surface area (Å²) < 4.78 is 4.95. The van der Waals surface area contributed by atoms with Crippen LogP contribution in [0.2, 0.25) is 0 Å². The summed E-state index contributed by atoms with van der Waals surface area (Å²) >= 11 is 0. The summed E-state index contributed by atoms with van der Waals surface area (Å²) in [6, 6.07) is 6.77. The van der Waals surface area contributed by atoms with Crippen molar-refractivity contribution in [2.45, 2.75) is 6.92 Å². The molecule has 0 aliphatic carbocycles. The molecule has 0 radical (unpaired) electrons. The third kappa shape index (κ3) is 1.13. The second-order valence-electron chi connectivity index (χ2n) is 3.00. The lowest BCUT2D eigenvalue weighted by molar-refractivity contribution is -0.137. The van der Waals surface area contributed by atoms with Crippen LogP contribution in [-0.2, 0) is 4.79 Å². The number of para-hydroxylation sites is 1. The van der Waals surface area contributed by atoms with E-state index in [4.69, 9.17) is 4.74 Å². The second-order valence-corrected chi connectivity index (χ2v) is 3.00. The van der Waals surface area contributed by atoms with Crippen molar-refractivity contribution in [3.8, 4) is 5.75 Å². The van der Waals surface area contributed by atoms with Crippen LogP contribution in [0.3, 0.4) is 0 Å². The van der Waals surface area contributed by atoms with E-state index in [1.165, 1.54) is 0 Å². The molecule has 1 aromatic rings. The van der Waals surface area contributed by atoms with Crippen molar-refractivity contribution in [1.82, 2.24) is 0 Å². The van der Waals surface area contributed by atoms with E-state index in [0.29, 0.717) is 11.3 Å². The van der Waals surface area contributed by atoms with E-state index >= 15 is 0 Å². The number of hydrogen-bond acceptors (Lipinski definition) is 3. The van der Waals surface area contributed by atoms with Gasteiger partial charge in [-0.15, -0.1) is 0 Å². The first kappa shape index (κ1) is 7.98. The summed E-state index contributed by atoms with van der Waals surface area (Å²) in [4.78, 5) is 22.7. The fourth-order valence-corrected chi connectivity index (χ4v) is 1.30. The molecular formula is C10H8O3. The van der Waals surface area contributed by atoms with Crippen LogP contribution in [0, 0.1) is 5.92 Å². The Kier molecular flexibility index (Phi) is 1.65. The van der Waals surface area contributed by atoms with Gasteiger partial charge < -0.3 is 4.74 Å². The summed E-state index contributed by atoms with van der Waals surface area (Å²) in [6.45, 7) is 1.56. The van der Waals surface area contributed by atoms with Crippen LogP contribution in [0.4, 0.5) is 0 Å². The number of ether oxygens (including phenoxy) is 1. The molecule has 0 aromatic heterocycles. The van der Waals surface area contributed by atoms with E-state index < -0.39 is 11.9 Å². The lowest BCUT2D eigenvalue weighted by atomic mass is 9.96. The second kappa shape index (κ2) is 2.69. The topological polar surface area (TPSA) is 43.4 Å². The maximum absolute atomic E-state index is 11.5. The minimum atomic E-state index is -0.671. The first-order chi connectivity index (χ1) is 6.20. The van der Waals surface area contributed by atoms with Crippen LogP contribution in [0.1, 0.15) is 17.3 Å². The molecule has 66 valence electrons. The number of Topliss-reactive ketones (excluding diaryl/α,β-unsaturated/α-hetero) is 1. The fourth-order valence-electron chi connectivity index (χ4n) is 1.30. The van der Waals surface area contributed by atoms with Crippen molar-refractivity contribution >= 4 is 11.8 Å². The van der Waals surface area contributed by atoms with E-state index in [1.54, 1.807) is 31.2 Å². The number of esters is 1. The highest BCUT2D eigenvalue weighted by Crippen LogP contribution is 2.27. The van der Waals surface area contributed by atoms with Crippen LogP contribution < -0.4 is 4.74 Å². The van der Waals surface area contributed by atoms with E-state index in [-0.39, 0.29) is 5.78 Å². The van der Waals surface area contributed by atoms with Crippen molar-refractivity contribution in [3.05, 3.63) is 29.8 Å². The highest BCUT2D eigenvalue weighted by Gasteiger charge is 2.32. The van der Waals surface area contributed by atoms with Gasteiger partial charge in [0.05, 0.1) is 5.56 Å². The molecule has 0 saturated carbocycles. The Morgan fingerprint density at radius 1 is 1.23 bits per heavy atom. The Balaban J connectivity index is 2.55. The largest absolute Gasteiger partial charge is 0.425 e. The van der Waals surface area contributed by atoms with E-state index in [9.17, 15) is 9.59 Å². The molecule has 0 bridgehead atoms. The van der Waals surface area contributed by atoms with E-state index in [2.05, 4.69) is 0 Å². The van der Waals surface area contributed by atoms with Gasteiger partial charge in [-0.2, -0.15) is 0 Å². The van der Waals surface area contributed by atoms with E-state index in [0.717, 1.165) is 0 Å². The van der Waals surface area contributed by atoms with Crippen molar-refractivity contribution in [2.24, 2.45) is 5.92 Å². The molecule has 3 heteroatoms. The van der Waals surface area contributed by atoms with Gasteiger partial charge in [0.15, 0.2) is 5.78 Å². The zero-order valence-electron chi connectivity index (χ0n) is 7.11. The number of hydrogen-bond donors (Lipinski definition) is 0. The van der Waals surface area contributed by atoms with Crippen LogP contribution in [0.15, 0.2) is 24.3 Å². The maximum Gasteiger partial charge on any atom is 0.321 e. The fraction of sp³-hybridized carbons (Fsp3) is 0.200. The molecule has 0 saturated heterocycles. The standard InChI is InChI=1S/C10H8O3/c1-6-9(11)7-4-2-3-5-8(7)13-10(6)12/h2-6H,1H3. The minimum absolute atomic E-state index is 0.160. The Labute approximate surface area is 75.3 Å². The van der Waals surface area contributed by atoms with Crippen molar-refractivity contribution in [1.29, 1.82) is 0 Å². The normalized spacial score (nSPS) is 20.8. The van der Waals surface area contributed by atoms with Gasteiger partial charge in [-0.05, 0) is 19.1 Å². The SMILES string of the molecule is CC1C(=O)Oc2ccccc2C1=O. The van der Waals surface area contributed by atoms with Gasteiger partial charge in [0, 0.05) is 0 Å². The maximum atomic E-state index is 11.5. The summed E-state index contributed by atoms with van der Waals surface area (Å²) in [5, 5.41) is 0. The van der Waals surface area contributed by atoms with Crippen molar-refractivity contribution in [2.75, 3.05) is 0 Å². The highest BCUT2D eigenvalue weighted by molar-refractivity contribution is 6.12. The Morgan fingerprint density at radius 3 is 2.69 bits per heavy atom. The number of fused-ring (bicyclic) bond motifs is 1. The van der Waals surface area contributed by atoms with E-state index in [1.807, 2.05) is 0 Å². The average Bonchev–Trinajstić information content (AvgIpc) is 2.15. The smallest absolute Gasteiger partial charge is 0.321 e. The van der Waals surface area contributed by atoms with Gasteiger partial charge in [0.1, 0.15) is 11.7 Å². The third-order valence-corrected chi connectivity index (χ3v) is 2.11. The number of carbonyl (C=O) groups is 2. The Morgan fingerprint density at radius 2 is 1.92 bits per heavy atom. The molecule has 1 atom stereocenters. The number of carbonyl (C=O) groups excluding carboxylic acids is 2. The van der Waals surface area contributed by atoms with Gasteiger partial charge in [-0.25, -0.2) is 0 Å². The molecule has 1 aromatic carbocycles. The van der Waals surface area contributed by atoms with Gasteiger partial charge >= 0.3 is 5.97 Å². The molecule has 0 fully saturated rings. The van der Waals surface area contributed by atoms with Crippen LogP contribution in [-0.4, -0.2) is 11.8 Å². The zero-order valence-corrected chi connectivity index (χ0v) is 7.11. The molecule has 1 heterocycles. The Hall–Kier alpha value is -1.64. The highest BCUT2D eigenvalue weighted by atomic mass is 16.5. The quantitative estimate of drug-likeness (QED) is 0.341. The average molecular weight is 176 g/mol. The number of rotatable bonds is 0. The van der Waals surface area contributed by atoms with Gasteiger partial charge in [-0.1, -0.05) is 12.1 Å². The predicted octanol–water partition coefficient (Wildman–Crippen LogP) is 1.42. The summed E-state index contributed by atoms with van der Waals surface area (Å²) in [6.07, 6.45) is 0. The molecule has 2 rings (SSSR count). The van der Waals surface area contributed by atoms with Crippen LogP contribution >= 0.6 is 0 Å². The molecular weight excluding hydrogens is 168 g/mol. The summed E-state index contributed by atoms with van der Waals surface area (Å²) in [5.74, 6) is -0.930. The first-order valence-electron chi connectivity index (χ1n) is 4.05. The lowest BCUT2D eigenvalue weighted by Gasteiger charge is -2.18. The number of ketones is 1. The molecule has 1 aliphatic heterocycles. The molecule has 13 heavy (non-hydrogen) atoms. The van der Waals surface area contributed by atoms with Gasteiger partial charge in [0.25, 0.3) is 0 Å². The third-order valence-electron chi connectivity index (χ3n) is 2.11. The van der Waals surface area contributed by atoms with Gasteiger partial charge in [0.2, 0.25) is 0 Å². The van der Waals surface area contributed by atoms with Crippen LogP contribution in [0.5, 0.6) is 5.75 Å².